The van der Waals surface area contributed by atoms with Gasteiger partial charge in [-0.1, -0.05) is 56.3 Å². The Balaban J connectivity index is 1.88. The molecule has 0 bridgehead atoms. The number of hydrogen-bond acceptors (Lipinski definition) is 3. The van der Waals surface area contributed by atoms with Crippen LogP contribution in [0, 0.1) is 12.8 Å². The Labute approximate surface area is 202 Å². The number of amides is 3. The molecule has 1 heterocycles. The van der Waals surface area contributed by atoms with Gasteiger partial charge < -0.3 is 10.2 Å². The molecule has 2 aromatic carbocycles. The van der Waals surface area contributed by atoms with E-state index in [0.29, 0.717) is 12.5 Å². The fourth-order valence-electron chi connectivity index (χ4n) is 3.59. The number of carbonyl (C=O) groups is 2. The van der Waals surface area contributed by atoms with Crippen molar-refractivity contribution in [1.29, 1.82) is 0 Å². The minimum atomic E-state index is -0.394. The predicted molar refractivity (Wildman–Crippen MR) is 137 cm³/mol. The van der Waals surface area contributed by atoms with Gasteiger partial charge in [-0.15, -0.1) is 0 Å². The van der Waals surface area contributed by atoms with Crippen LogP contribution in [0.25, 0.3) is 16.9 Å². The maximum atomic E-state index is 13.1. The fraction of sp³-hybridized carbons (Fsp3) is 0.370. The lowest BCUT2D eigenvalue weighted by Crippen LogP contribution is -2.51. The number of nitrogens with one attached hydrogen (secondary N) is 2. The molecule has 3 rings (SSSR count). The van der Waals surface area contributed by atoms with Crippen LogP contribution < -0.4 is 10.6 Å². The lowest BCUT2D eigenvalue weighted by molar-refractivity contribution is -0.116. The molecule has 0 fully saturated rings. The number of aromatic nitrogens is 2. The molecule has 0 aliphatic heterocycles. The fourth-order valence-corrected chi connectivity index (χ4v) is 3.59. The highest BCUT2D eigenvalue weighted by atomic mass is 16.2. The first-order chi connectivity index (χ1) is 16.0. The van der Waals surface area contributed by atoms with Gasteiger partial charge in [0.1, 0.15) is 6.54 Å². The average molecular weight is 462 g/mol. The van der Waals surface area contributed by atoms with Crippen LogP contribution in [-0.4, -0.2) is 45.0 Å². The number of rotatable bonds is 7. The summed E-state index contributed by atoms with van der Waals surface area (Å²) >= 11 is 0. The van der Waals surface area contributed by atoms with E-state index >= 15 is 0 Å². The number of urea groups is 1. The van der Waals surface area contributed by atoms with E-state index in [-0.39, 0.29) is 24.4 Å². The molecule has 0 atom stereocenters. The molecule has 0 saturated heterocycles. The molecule has 0 aliphatic carbocycles. The number of nitrogens with zero attached hydrogens (tertiary/aromatic N) is 3. The third kappa shape index (κ3) is 6.94. The summed E-state index contributed by atoms with van der Waals surface area (Å²) in [5, 5.41) is 5.88. The van der Waals surface area contributed by atoms with Gasteiger partial charge >= 0.3 is 6.03 Å². The molecule has 34 heavy (non-hydrogen) atoms. The van der Waals surface area contributed by atoms with Crippen molar-refractivity contribution in [2.75, 3.05) is 18.4 Å². The monoisotopic (exact) mass is 461 g/mol. The number of aryl methyl sites for hydroxylation is 1. The van der Waals surface area contributed by atoms with Crippen molar-refractivity contribution in [2.45, 2.75) is 47.1 Å². The summed E-state index contributed by atoms with van der Waals surface area (Å²) in [5.41, 5.74) is 3.31. The van der Waals surface area contributed by atoms with Crippen LogP contribution in [0.3, 0.4) is 0 Å². The minimum Gasteiger partial charge on any atom is -0.333 e. The first kappa shape index (κ1) is 25.0. The highest BCUT2D eigenvalue weighted by Crippen LogP contribution is 2.24. The zero-order chi connectivity index (χ0) is 24.9. The number of anilines is 1. The summed E-state index contributed by atoms with van der Waals surface area (Å²) in [4.78, 5) is 32.2. The van der Waals surface area contributed by atoms with Crippen LogP contribution in [-0.2, 0) is 4.79 Å². The van der Waals surface area contributed by atoms with Gasteiger partial charge in [0.15, 0.2) is 0 Å². The molecular formula is C27H35N5O2. The summed E-state index contributed by atoms with van der Waals surface area (Å²) in [6.45, 7) is 12.2. The number of imidazole rings is 1. The van der Waals surface area contributed by atoms with E-state index in [1.165, 1.54) is 0 Å². The molecule has 7 nitrogen and oxygen atoms in total. The molecule has 2 N–H and O–H groups in total. The summed E-state index contributed by atoms with van der Waals surface area (Å²) in [6, 6.07) is 17.6. The molecule has 0 saturated carbocycles. The molecule has 0 spiro atoms. The van der Waals surface area contributed by atoms with Crippen molar-refractivity contribution in [3.05, 3.63) is 66.4 Å². The third-order valence-corrected chi connectivity index (χ3v) is 5.00. The zero-order valence-corrected chi connectivity index (χ0v) is 20.9. The molecular weight excluding hydrogens is 426 g/mol. The van der Waals surface area contributed by atoms with Gasteiger partial charge in [0.25, 0.3) is 0 Å². The van der Waals surface area contributed by atoms with Crippen LogP contribution in [0.5, 0.6) is 0 Å². The highest BCUT2D eigenvalue weighted by Gasteiger charge is 2.23. The Hall–Kier alpha value is -3.61. The first-order valence-electron chi connectivity index (χ1n) is 11.6. The third-order valence-electron chi connectivity index (χ3n) is 5.00. The maximum Gasteiger partial charge on any atom is 0.318 e. The van der Waals surface area contributed by atoms with Crippen molar-refractivity contribution >= 4 is 17.9 Å². The predicted octanol–water partition coefficient (Wildman–Crippen LogP) is 5.25. The van der Waals surface area contributed by atoms with Crippen LogP contribution >= 0.6 is 0 Å². The summed E-state index contributed by atoms with van der Waals surface area (Å²) < 4.78 is 1.87. The average Bonchev–Trinajstić information content (AvgIpc) is 3.16. The van der Waals surface area contributed by atoms with Crippen molar-refractivity contribution in [3.63, 3.8) is 0 Å². The summed E-state index contributed by atoms with van der Waals surface area (Å²) in [7, 11) is 0. The van der Waals surface area contributed by atoms with E-state index in [9.17, 15) is 9.59 Å². The highest BCUT2D eigenvalue weighted by molar-refractivity contribution is 5.93. The second-order valence-electron chi connectivity index (χ2n) is 10.0. The SMILES string of the molecule is Cc1cccc(-n2cc(-c3ccccc3)nc2NC(=O)CN(CC(C)C)C(=O)NC(C)(C)C)c1. The van der Waals surface area contributed by atoms with Crippen LogP contribution in [0.15, 0.2) is 60.8 Å². The second-order valence-corrected chi connectivity index (χ2v) is 10.0. The van der Waals surface area contributed by atoms with Gasteiger partial charge in [-0.2, -0.15) is 0 Å². The number of carbonyl (C=O) groups excluding carboxylic acids is 2. The molecule has 180 valence electrons. The standard InChI is InChI=1S/C27H35N5O2/c1-19(2)16-31(26(34)30-27(4,5)6)18-24(33)29-25-28-23(21-12-8-7-9-13-21)17-32(25)22-14-10-11-20(3)15-22/h7-15,17,19H,16,18H2,1-6H3,(H,30,34)(H,28,29,33). The maximum absolute atomic E-state index is 13.1. The van der Waals surface area contributed by atoms with Crippen LogP contribution in [0.1, 0.15) is 40.2 Å². The summed E-state index contributed by atoms with van der Waals surface area (Å²) in [5.74, 6) is 0.330. The molecule has 3 aromatic rings. The Morgan fingerprint density at radius 2 is 1.76 bits per heavy atom. The lowest BCUT2D eigenvalue weighted by atomic mass is 10.1. The van der Waals surface area contributed by atoms with E-state index in [2.05, 4.69) is 10.6 Å². The molecule has 7 heteroatoms. The molecule has 0 radical (unpaired) electrons. The minimum absolute atomic E-state index is 0.0680. The van der Waals surface area contributed by atoms with Crippen LogP contribution in [0.4, 0.5) is 10.7 Å². The number of hydrogen-bond donors (Lipinski definition) is 2. The van der Waals surface area contributed by atoms with Crippen molar-refractivity contribution in [2.24, 2.45) is 5.92 Å². The van der Waals surface area contributed by atoms with Gasteiger partial charge in [0.05, 0.1) is 5.69 Å². The molecule has 3 amide bonds. The van der Waals surface area contributed by atoms with Crippen LogP contribution in [0.2, 0.25) is 0 Å². The molecule has 0 aliphatic rings. The summed E-state index contributed by atoms with van der Waals surface area (Å²) in [6.07, 6.45) is 1.91. The topological polar surface area (TPSA) is 79.3 Å². The van der Waals surface area contributed by atoms with E-state index in [1.807, 2.05) is 107 Å². The van der Waals surface area contributed by atoms with E-state index in [0.717, 1.165) is 22.5 Å². The van der Waals surface area contributed by atoms with Gasteiger partial charge in [0, 0.05) is 29.5 Å². The zero-order valence-electron chi connectivity index (χ0n) is 20.9. The van der Waals surface area contributed by atoms with Gasteiger partial charge in [-0.3, -0.25) is 14.7 Å². The first-order valence-corrected chi connectivity index (χ1v) is 11.6. The normalized spacial score (nSPS) is 11.4. The largest absolute Gasteiger partial charge is 0.333 e. The van der Waals surface area contributed by atoms with Crippen molar-refractivity contribution < 1.29 is 9.59 Å². The Morgan fingerprint density at radius 1 is 1.06 bits per heavy atom. The number of benzene rings is 2. The second kappa shape index (κ2) is 10.5. The van der Waals surface area contributed by atoms with Gasteiger partial charge in [-0.05, 0) is 51.3 Å². The van der Waals surface area contributed by atoms with Gasteiger partial charge in [-0.25, -0.2) is 9.78 Å². The Morgan fingerprint density at radius 3 is 2.38 bits per heavy atom. The molecule has 0 unspecified atom stereocenters. The lowest BCUT2D eigenvalue weighted by Gasteiger charge is -2.29. The molecule has 1 aromatic heterocycles. The van der Waals surface area contributed by atoms with Crippen molar-refractivity contribution in [1.82, 2.24) is 19.8 Å². The Kier molecular flexibility index (Phi) is 7.76. The van der Waals surface area contributed by atoms with E-state index < -0.39 is 5.54 Å². The Bertz CT molecular complexity index is 1130. The van der Waals surface area contributed by atoms with Gasteiger partial charge in [0.2, 0.25) is 11.9 Å². The van der Waals surface area contributed by atoms with E-state index in [1.54, 1.807) is 4.90 Å². The van der Waals surface area contributed by atoms with E-state index in [4.69, 9.17) is 4.98 Å². The quantitative estimate of drug-likeness (QED) is 0.504. The smallest absolute Gasteiger partial charge is 0.318 e. The van der Waals surface area contributed by atoms with Crippen molar-refractivity contribution in [3.8, 4) is 16.9 Å².